The van der Waals surface area contributed by atoms with E-state index in [0.29, 0.717) is 28.4 Å². The summed E-state index contributed by atoms with van der Waals surface area (Å²) in [6.45, 7) is 1.36. The lowest BCUT2D eigenvalue weighted by Crippen LogP contribution is -2.37. The Hall–Kier alpha value is -2.46. The van der Waals surface area contributed by atoms with Crippen LogP contribution in [0.5, 0.6) is 5.75 Å². The van der Waals surface area contributed by atoms with Crippen LogP contribution in [-0.4, -0.2) is 33.7 Å². The summed E-state index contributed by atoms with van der Waals surface area (Å²) in [7, 11) is -4.07. The molecule has 2 aromatic carbocycles. The molecule has 158 valence electrons. The Balaban J connectivity index is 2.33. The number of rotatable bonds is 7. The molecule has 0 aliphatic heterocycles. The summed E-state index contributed by atoms with van der Waals surface area (Å²) in [5.74, 6) is -0.383. The molecule has 0 radical (unpaired) electrons. The number of carbonyl (C=O) groups excluding carboxylic acids is 1. The standard InChI is InChI=1S/C18H18ClF3N2O4S/c1-3-28-16-7-5-4-6-15(16)23-17(25)11-24(29(2,26)27)12-8-9-14(19)13(10-12)18(20,21)22/h4-10H,3,11H2,1-2H3,(H,23,25). The number of alkyl halides is 3. The Morgan fingerprint density at radius 1 is 1.21 bits per heavy atom. The highest BCUT2D eigenvalue weighted by molar-refractivity contribution is 7.92. The maximum atomic E-state index is 13.1. The highest BCUT2D eigenvalue weighted by atomic mass is 35.5. The number of benzene rings is 2. The van der Waals surface area contributed by atoms with E-state index < -0.39 is 39.2 Å². The molecular weight excluding hydrogens is 433 g/mol. The van der Waals surface area contributed by atoms with Gasteiger partial charge in [-0.05, 0) is 37.3 Å². The van der Waals surface area contributed by atoms with Crippen molar-refractivity contribution < 1.29 is 31.1 Å². The second-order valence-electron chi connectivity index (χ2n) is 5.91. The fraction of sp³-hybridized carbons (Fsp3) is 0.278. The van der Waals surface area contributed by atoms with Gasteiger partial charge in [-0.3, -0.25) is 9.10 Å². The molecule has 0 aliphatic carbocycles. The third kappa shape index (κ3) is 6.01. The van der Waals surface area contributed by atoms with Crippen molar-refractivity contribution in [3.8, 4) is 5.75 Å². The van der Waals surface area contributed by atoms with Gasteiger partial charge >= 0.3 is 6.18 Å². The first-order valence-electron chi connectivity index (χ1n) is 8.29. The van der Waals surface area contributed by atoms with E-state index in [1.165, 1.54) is 0 Å². The van der Waals surface area contributed by atoms with E-state index in [9.17, 15) is 26.4 Å². The molecule has 6 nitrogen and oxygen atoms in total. The summed E-state index contributed by atoms with van der Waals surface area (Å²) in [6, 6.07) is 9.11. The van der Waals surface area contributed by atoms with Crippen LogP contribution in [0.15, 0.2) is 42.5 Å². The predicted octanol–water partition coefficient (Wildman–Crippen LogP) is 4.16. The zero-order valence-electron chi connectivity index (χ0n) is 15.5. The Labute approximate surface area is 171 Å². The van der Waals surface area contributed by atoms with E-state index in [2.05, 4.69) is 5.32 Å². The van der Waals surface area contributed by atoms with Crippen LogP contribution < -0.4 is 14.4 Å². The van der Waals surface area contributed by atoms with Crippen LogP contribution in [0.3, 0.4) is 0 Å². The smallest absolute Gasteiger partial charge is 0.417 e. The molecule has 0 bridgehead atoms. The number of amides is 1. The van der Waals surface area contributed by atoms with Crippen molar-refractivity contribution in [1.29, 1.82) is 0 Å². The topological polar surface area (TPSA) is 75.7 Å². The molecule has 2 aromatic rings. The van der Waals surface area contributed by atoms with Gasteiger partial charge in [0.1, 0.15) is 12.3 Å². The predicted molar refractivity (Wildman–Crippen MR) is 105 cm³/mol. The average molecular weight is 451 g/mol. The van der Waals surface area contributed by atoms with E-state index in [1.807, 2.05) is 0 Å². The maximum Gasteiger partial charge on any atom is 0.417 e. The molecule has 2 rings (SSSR count). The third-order valence-corrected chi connectivity index (χ3v) is 5.16. The molecule has 0 atom stereocenters. The van der Waals surface area contributed by atoms with Gasteiger partial charge < -0.3 is 10.1 Å². The van der Waals surface area contributed by atoms with Crippen LogP contribution in [0.25, 0.3) is 0 Å². The first kappa shape index (κ1) is 22.8. The summed E-state index contributed by atoms with van der Waals surface area (Å²) in [4.78, 5) is 12.4. The fourth-order valence-corrected chi connectivity index (χ4v) is 3.53. The highest BCUT2D eigenvalue weighted by Gasteiger charge is 2.34. The Morgan fingerprint density at radius 3 is 2.45 bits per heavy atom. The number of nitrogens with one attached hydrogen (secondary N) is 1. The van der Waals surface area contributed by atoms with Gasteiger partial charge in [-0.2, -0.15) is 13.2 Å². The normalized spacial score (nSPS) is 11.8. The quantitative estimate of drug-likeness (QED) is 0.687. The number of carbonyl (C=O) groups is 1. The van der Waals surface area contributed by atoms with Gasteiger partial charge in [0, 0.05) is 0 Å². The minimum atomic E-state index is -4.78. The lowest BCUT2D eigenvalue weighted by atomic mass is 10.2. The number of ether oxygens (including phenoxy) is 1. The van der Waals surface area contributed by atoms with Crippen molar-refractivity contribution in [2.75, 3.05) is 29.0 Å². The van der Waals surface area contributed by atoms with Crippen LogP contribution >= 0.6 is 11.6 Å². The van der Waals surface area contributed by atoms with Gasteiger partial charge in [0.15, 0.2) is 0 Å². The van der Waals surface area contributed by atoms with Gasteiger partial charge in [-0.15, -0.1) is 0 Å². The SMILES string of the molecule is CCOc1ccccc1NC(=O)CN(c1ccc(Cl)c(C(F)(F)F)c1)S(C)(=O)=O. The zero-order valence-corrected chi connectivity index (χ0v) is 17.0. The molecule has 0 saturated heterocycles. The molecule has 1 amide bonds. The third-order valence-electron chi connectivity index (χ3n) is 3.69. The number of nitrogens with zero attached hydrogens (tertiary/aromatic N) is 1. The first-order valence-corrected chi connectivity index (χ1v) is 10.5. The van der Waals surface area contributed by atoms with Crippen molar-refractivity contribution >= 4 is 38.9 Å². The Bertz CT molecular complexity index is 997. The average Bonchev–Trinajstić information content (AvgIpc) is 2.60. The molecule has 11 heteroatoms. The summed E-state index contributed by atoms with van der Waals surface area (Å²) in [5, 5.41) is 1.93. The minimum Gasteiger partial charge on any atom is -0.492 e. The summed E-state index contributed by atoms with van der Waals surface area (Å²) in [5.41, 5.74) is -1.23. The van der Waals surface area contributed by atoms with Crippen LogP contribution in [0.1, 0.15) is 12.5 Å². The van der Waals surface area contributed by atoms with E-state index in [0.717, 1.165) is 18.4 Å². The van der Waals surface area contributed by atoms with E-state index in [4.69, 9.17) is 16.3 Å². The van der Waals surface area contributed by atoms with Crippen molar-refractivity contribution in [2.45, 2.75) is 13.1 Å². The molecule has 29 heavy (non-hydrogen) atoms. The summed E-state index contributed by atoms with van der Waals surface area (Å²) < 4.78 is 69.6. The van der Waals surface area contributed by atoms with Gasteiger partial charge in [0.25, 0.3) is 0 Å². The molecule has 0 saturated carbocycles. The number of hydrogen-bond acceptors (Lipinski definition) is 4. The van der Waals surface area contributed by atoms with Gasteiger partial charge in [0.2, 0.25) is 15.9 Å². The molecule has 1 N–H and O–H groups in total. The lowest BCUT2D eigenvalue weighted by molar-refractivity contribution is -0.137. The highest BCUT2D eigenvalue weighted by Crippen LogP contribution is 2.37. The molecule has 0 heterocycles. The summed E-state index contributed by atoms with van der Waals surface area (Å²) in [6.07, 6.45) is -3.99. The molecule has 0 fully saturated rings. The number of para-hydroxylation sites is 2. The van der Waals surface area contributed by atoms with Gasteiger partial charge in [-0.25, -0.2) is 8.42 Å². The zero-order chi connectivity index (χ0) is 21.8. The van der Waals surface area contributed by atoms with Crippen LogP contribution in [0.2, 0.25) is 5.02 Å². The summed E-state index contributed by atoms with van der Waals surface area (Å²) >= 11 is 5.58. The van der Waals surface area contributed by atoms with Crippen molar-refractivity contribution in [1.82, 2.24) is 0 Å². The minimum absolute atomic E-state index is 0.305. The van der Waals surface area contributed by atoms with Crippen LogP contribution in [-0.2, 0) is 21.0 Å². The van der Waals surface area contributed by atoms with E-state index in [1.54, 1.807) is 31.2 Å². The van der Waals surface area contributed by atoms with Crippen molar-refractivity contribution in [2.24, 2.45) is 0 Å². The Kier molecular flexibility index (Phi) is 7.02. The second-order valence-corrected chi connectivity index (χ2v) is 8.22. The van der Waals surface area contributed by atoms with Gasteiger partial charge in [-0.1, -0.05) is 23.7 Å². The van der Waals surface area contributed by atoms with Crippen LogP contribution in [0.4, 0.5) is 24.5 Å². The largest absolute Gasteiger partial charge is 0.492 e. The second kappa shape index (κ2) is 8.91. The molecule has 0 aliphatic rings. The van der Waals surface area contributed by atoms with Crippen LogP contribution in [0, 0.1) is 0 Å². The number of halogens is 4. The lowest BCUT2D eigenvalue weighted by Gasteiger charge is -2.23. The molecule has 0 unspecified atom stereocenters. The van der Waals surface area contributed by atoms with E-state index >= 15 is 0 Å². The molecule has 0 spiro atoms. The molecular formula is C18H18ClF3N2O4S. The van der Waals surface area contributed by atoms with Gasteiger partial charge in [0.05, 0.1) is 34.8 Å². The fourth-order valence-electron chi connectivity index (χ4n) is 2.46. The number of anilines is 2. The maximum absolute atomic E-state index is 13.1. The number of hydrogen-bond donors (Lipinski definition) is 1. The van der Waals surface area contributed by atoms with E-state index in [-0.39, 0.29) is 5.69 Å². The number of sulfonamides is 1. The first-order chi connectivity index (χ1) is 13.4. The van der Waals surface area contributed by atoms with Crippen molar-refractivity contribution in [3.63, 3.8) is 0 Å². The monoisotopic (exact) mass is 450 g/mol. The molecule has 0 aromatic heterocycles. The van der Waals surface area contributed by atoms with Crippen molar-refractivity contribution in [3.05, 3.63) is 53.1 Å². The Morgan fingerprint density at radius 2 is 1.86 bits per heavy atom.